The molecule has 0 bridgehead atoms. The van der Waals surface area contributed by atoms with Crippen molar-refractivity contribution in [2.45, 2.75) is 19.1 Å². The lowest BCUT2D eigenvalue weighted by molar-refractivity contribution is -0.544. The molecule has 2 unspecified atom stereocenters. The van der Waals surface area contributed by atoms with Crippen molar-refractivity contribution in [1.82, 2.24) is 20.0 Å². The summed E-state index contributed by atoms with van der Waals surface area (Å²) in [5.41, 5.74) is 0. The molecule has 2 atom stereocenters. The second-order valence-electron chi connectivity index (χ2n) is 6.17. The monoisotopic (exact) mass is 325 g/mol. The fourth-order valence-corrected chi connectivity index (χ4v) is 2.61. The highest BCUT2D eigenvalue weighted by Crippen LogP contribution is 2.18. The van der Waals surface area contributed by atoms with Crippen molar-refractivity contribution >= 4 is 23.7 Å². The zero-order chi connectivity index (χ0) is 17.3. The fraction of sp³-hybridized carbons (Fsp3) is 0.714. The maximum Gasteiger partial charge on any atom is 0.390 e. The summed E-state index contributed by atoms with van der Waals surface area (Å²) in [6.45, 7) is 3.35. The first-order valence-electron chi connectivity index (χ1n) is 7.58. The number of urea groups is 1. The van der Waals surface area contributed by atoms with Crippen molar-refractivity contribution in [3.05, 3.63) is 0 Å². The molecule has 0 aromatic heterocycles. The van der Waals surface area contributed by atoms with Gasteiger partial charge in [0.05, 0.1) is 19.2 Å². The molecule has 0 aromatic carbocycles. The first-order chi connectivity index (χ1) is 10.7. The van der Waals surface area contributed by atoms with Gasteiger partial charge in [0.15, 0.2) is 0 Å². The number of β-amino-alcohol motifs (C(OH)–C–C–N with tert-alkyl or cyclic N) is 1. The van der Waals surface area contributed by atoms with Crippen molar-refractivity contribution < 1.29 is 19.3 Å². The minimum Gasteiger partial charge on any atom is -0.390 e. The van der Waals surface area contributed by atoms with Gasteiger partial charge < -0.3 is 10.0 Å². The number of carbonyl (C=O) groups excluding carboxylic acids is 2. The third-order valence-electron chi connectivity index (χ3n) is 3.83. The number of guanidine groups is 1. The van der Waals surface area contributed by atoms with Gasteiger partial charge in [-0.05, 0) is 21.0 Å². The molecular formula is C14H25N6O3+. The molecule has 9 heteroatoms. The topological polar surface area (TPSA) is 91.5 Å². The molecule has 1 saturated heterocycles. The van der Waals surface area contributed by atoms with Gasteiger partial charge in [0.25, 0.3) is 5.91 Å². The number of fused-ring (bicyclic) bond motifs is 1. The van der Waals surface area contributed by atoms with E-state index in [-0.39, 0.29) is 12.5 Å². The zero-order valence-corrected chi connectivity index (χ0v) is 14.3. The lowest BCUT2D eigenvalue weighted by Gasteiger charge is -2.32. The Morgan fingerprint density at radius 2 is 2.00 bits per heavy atom. The number of aliphatic hydroxyl groups is 1. The average molecular weight is 325 g/mol. The standard InChI is InChI=1S/C14H24N6O3/c1-9(21)8-20-10-11(16-13(20)15-6-7-17(2)3)18(4)14(23)19(5)12(10)22/h9-10,21H,6-8H2,1-5H3/p+1. The van der Waals surface area contributed by atoms with Crippen LogP contribution in [0.1, 0.15) is 6.92 Å². The van der Waals surface area contributed by atoms with Crippen LogP contribution in [0.15, 0.2) is 4.99 Å². The first kappa shape index (κ1) is 17.4. The molecule has 0 aromatic rings. The van der Waals surface area contributed by atoms with Crippen LogP contribution < -0.4 is 5.32 Å². The summed E-state index contributed by atoms with van der Waals surface area (Å²) in [6, 6.07) is -1.09. The molecule has 3 amide bonds. The molecule has 128 valence electrons. The lowest BCUT2D eigenvalue weighted by Crippen LogP contribution is -2.62. The molecule has 1 fully saturated rings. The normalized spacial score (nSPS) is 22.7. The Bertz CT molecular complexity index is 569. The molecular weight excluding hydrogens is 300 g/mol. The lowest BCUT2D eigenvalue weighted by atomic mass is 10.1. The highest BCUT2D eigenvalue weighted by atomic mass is 16.3. The quantitative estimate of drug-likeness (QED) is 0.582. The number of nitrogens with zero attached hydrogens (tertiary/aromatic N) is 5. The predicted molar refractivity (Wildman–Crippen MR) is 85.5 cm³/mol. The summed E-state index contributed by atoms with van der Waals surface area (Å²) in [5, 5.41) is 12.9. The van der Waals surface area contributed by atoms with Gasteiger partial charge in [-0.15, -0.1) is 0 Å². The maximum absolute atomic E-state index is 12.5. The van der Waals surface area contributed by atoms with Crippen LogP contribution in [0.3, 0.4) is 0 Å². The molecule has 0 spiro atoms. The van der Waals surface area contributed by atoms with Crippen LogP contribution >= 0.6 is 0 Å². The summed E-state index contributed by atoms with van der Waals surface area (Å²) in [4.78, 5) is 33.5. The molecule has 9 nitrogen and oxygen atoms in total. The Balaban J connectivity index is 2.31. The van der Waals surface area contributed by atoms with E-state index in [9.17, 15) is 14.7 Å². The van der Waals surface area contributed by atoms with Crippen molar-refractivity contribution in [2.24, 2.45) is 4.99 Å². The van der Waals surface area contributed by atoms with E-state index in [1.807, 2.05) is 19.0 Å². The van der Waals surface area contributed by atoms with Crippen molar-refractivity contribution in [3.8, 4) is 0 Å². The Labute approximate surface area is 135 Å². The number of hydrogen-bond acceptors (Lipinski definition) is 6. The number of hydrogen-bond donors (Lipinski definition) is 2. The summed E-state index contributed by atoms with van der Waals surface area (Å²) < 4.78 is 1.72. The number of rotatable bonds is 5. The third kappa shape index (κ3) is 3.35. The summed E-state index contributed by atoms with van der Waals surface area (Å²) >= 11 is 0. The Morgan fingerprint density at radius 1 is 1.35 bits per heavy atom. The average Bonchev–Trinajstić information content (AvgIpc) is 2.81. The Hall–Kier alpha value is -2.00. The molecule has 0 saturated carbocycles. The van der Waals surface area contributed by atoms with Crippen LogP contribution in [0.25, 0.3) is 0 Å². The number of amidine groups is 1. The van der Waals surface area contributed by atoms with E-state index in [1.54, 1.807) is 18.5 Å². The van der Waals surface area contributed by atoms with E-state index in [1.165, 1.54) is 11.9 Å². The van der Waals surface area contributed by atoms with E-state index in [0.29, 0.717) is 18.3 Å². The van der Waals surface area contributed by atoms with Crippen LogP contribution in [-0.4, -0.2) is 108 Å². The molecule has 2 N–H and O–H groups in total. The molecule has 23 heavy (non-hydrogen) atoms. The zero-order valence-electron chi connectivity index (χ0n) is 14.3. The van der Waals surface area contributed by atoms with Crippen molar-refractivity contribution in [1.29, 1.82) is 0 Å². The molecule has 2 aliphatic rings. The minimum absolute atomic E-state index is 0.254. The van der Waals surface area contributed by atoms with Gasteiger partial charge in [0.1, 0.15) is 0 Å². The van der Waals surface area contributed by atoms with E-state index >= 15 is 0 Å². The fourth-order valence-electron chi connectivity index (χ4n) is 2.61. The van der Waals surface area contributed by atoms with Crippen LogP contribution in [0, 0.1) is 0 Å². The highest BCUT2D eigenvalue weighted by molar-refractivity contribution is 6.22. The van der Waals surface area contributed by atoms with Gasteiger partial charge >= 0.3 is 12.0 Å². The van der Waals surface area contributed by atoms with E-state index in [0.717, 1.165) is 11.4 Å². The van der Waals surface area contributed by atoms with Gasteiger partial charge in [0.2, 0.25) is 11.9 Å². The van der Waals surface area contributed by atoms with Crippen LogP contribution in [0.5, 0.6) is 0 Å². The number of nitrogens with one attached hydrogen (secondary N) is 1. The second-order valence-corrected chi connectivity index (χ2v) is 6.17. The number of amides is 3. The highest BCUT2D eigenvalue weighted by Gasteiger charge is 2.51. The number of imide groups is 1. The van der Waals surface area contributed by atoms with Gasteiger partial charge in [-0.1, -0.05) is 4.99 Å². The molecule has 0 radical (unpaired) electrons. The van der Waals surface area contributed by atoms with E-state index in [4.69, 9.17) is 0 Å². The smallest absolute Gasteiger partial charge is 0.390 e. The number of aliphatic hydroxyl groups excluding tert-OH is 1. The maximum atomic E-state index is 12.5. The summed E-state index contributed by atoms with van der Waals surface area (Å²) in [7, 11) is 6.98. The van der Waals surface area contributed by atoms with Crippen molar-refractivity contribution in [2.75, 3.05) is 47.8 Å². The first-order valence-corrected chi connectivity index (χ1v) is 7.58. The van der Waals surface area contributed by atoms with Crippen molar-refractivity contribution in [3.63, 3.8) is 0 Å². The molecule has 0 aliphatic carbocycles. The second kappa shape index (κ2) is 6.63. The number of carbonyl (C=O) groups is 2. The number of aliphatic imine (C=N–C) groups is 1. The molecule has 2 heterocycles. The largest absolute Gasteiger partial charge is 0.390 e. The van der Waals surface area contributed by atoms with Crippen LogP contribution in [0.2, 0.25) is 0 Å². The van der Waals surface area contributed by atoms with Gasteiger partial charge in [-0.2, -0.15) is 0 Å². The van der Waals surface area contributed by atoms with Gasteiger partial charge in [-0.25, -0.2) is 9.37 Å². The predicted octanol–water partition coefficient (Wildman–Crippen LogP) is -1.81. The Morgan fingerprint density at radius 3 is 2.57 bits per heavy atom. The minimum atomic E-state index is -0.681. The van der Waals surface area contributed by atoms with Gasteiger partial charge in [0, 0.05) is 20.6 Å². The molecule has 2 aliphatic heterocycles. The van der Waals surface area contributed by atoms with E-state index in [2.05, 4.69) is 10.3 Å². The van der Waals surface area contributed by atoms with Gasteiger partial charge in [-0.3, -0.25) is 19.9 Å². The third-order valence-corrected chi connectivity index (χ3v) is 3.83. The van der Waals surface area contributed by atoms with E-state index < -0.39 is 18.2 Å². The summed E-state index contributed by atoms with van der Waals surface area (Å²) in [5.74, 6) is 0.569. The van der Waals surface area contributed by atoms with Crippen LogP contribution in [0.4, 0.5) is 4.79 Å². The Kier molecular flexibility index (Phi) is 5.00. The SMILES string of the molecule is CC(O)C[N+]1=C(NCCN(C)C)N=C2C1C(=O)N(C)C(=O)N2C. The van der Waals surface area contributed by atoms with Crippen LogP contribution in [-0.2, 0) is 4.79 Å². The molecule has 2 rings (SSSR count). The number of likely N-dealkylation sites (N-methyl/N-ethyl adjacent to an activating group) is 3. The summed E-state index contributed by atoms with van der Waals surface area (Å²) in [6.07, 6.45) is -0.628.